The summed E-state index contributed by atoms with van der Waals surface area (Å²) in [5, 5.41) is 3.08. The number of nitrogens with zero attached hydrogens (tertiary/aromatic N) is 3. The van der Waals surface area contributed by atoms with Gasteiger partial charge in [-0.1, -0.05) is 89.4 Å². The Labute approximate surface area is 255 Å². The zero-order chi connectivity index (χ0) is 26.8. The quantitative estimate of drug-likeness (QED) is 0.158. The number of hydrogen-bond acceptors (Lipinski definition) is 4. The predicted octanol–water partition coefficient (Wildman–Crippen LogP) is 9.59. The molecule has 0 aliphatic rings. The Kier molecular flexibility index (Phi) is 6.96. The normalized spacial score (nSPS) is 12.1. The molecule has 38 heavy (non-hydrogen) atoms. The van der Waals surface area contributed by atoms with Crippen LogP contribution in [0.2, 0.25) is 15.1 Å². The minimum Gasteiger partial charge on any atom is -0.289 e. The maximum absolute atomic E-state index is 14.6. The highest BCUT2D eigenvalue weighted by Gasteiger charge is 2.40. The highest BCUT2D eigenvalue weighted by atomic mass is 79.9. The van der Waals surface area contributed by atoms with Crippen LogP contribution in [-0.4, -0.2) is 14.2 Å². The molecule has 6 aromatic rings. The van der Waals surface area contributed by atoms with E-state index in [1.165, 1.54) is 14.2 Å². The summed E-state index contributed by atoms with van der Waals surface area (Å²) in [6.07, 6.45) is 0. The molecule has 7 nitrogen and oxygen atoms in total. The molecular weight excluding hydrogens is 771 g/mol. The highest BCUT2D eigenvalue weighted by Crippen LogP contribution is 2.47. The Hall–Kier alpha value is -1.78. The van der Waals surface area contributed by atoms with Crippen LogP contribution in [0.5, 0.6) is 0 Å². The molecule has 3 aromatic heterocycles. The molecule has 0 atom stereocenters. The lowest BCUT2D eigenvalue weighted by Gasteiger charge is -2.21. The van der Waals surface area contributed by atoms with Gasteiger partial charge in [0.1, 0.15) is 13.8 Å². The van der Waals surface area contributed by atoms with Crippen molar-refractivity contribution in [3.05, 3.63) is 102 Å². The topological polar surface area (TPSA) is 59.6 Å². The maximum atomic E-state index is 14.6. The summed E-state index contributed by atoms with van der Waals surface area (Å²) in [5.41, 5.74) is 1.59. The first-order chi connectivity index (χ1) is 18.2. The van der Waals surface area contributed by atoms with E-state index in [1.807, 2.05) is 18.2 Å². The first-order valence-corrected chi connectivity index (χ1v) is 15.7. The van der Waals surface area contributed by atoms with E-state index in [2.05, 4.69) is 47.8 Å². The lowest BCUT2D eigenvalue weighted by molar-refractivity contribution is 0.0942. The minimum atomic E-state index is -4.62. The van der Waals surface area contributed by atoms with E-state index in [0.717, 1.165) is 0 Å². The first-order valence-electron chi connectivity index (χ1n) is 10.7. The second-order valence-corrected chi connectivity index (χ2v) is 12.7. The third kappa shape index (κ3) is 4.25. The highest BCUT2D eigenvalue weighted by molar-refractivity contribution is 9.11. The van der Waals surface area contributed by atoms with Crippen LogP contribution < -0.4 is 13.9 Å². The van der Waals surface area contributed by atoms with Gasteiger partial charge in [-0.15, -0.1) is 0 Å². The van der Waals surface area contributed by atoms with Gasteiger partial charge >= 0.3 is 7.82 Å². The molecule has 0 amide bonds. The monoisotopic (exact) mass is 779 g/mol. The molecule has 0 spiro atoms. The van der Waals surface area contributed by atoms with Gasteiger partial charge in [0.15, 0.2) is 0 Å². The van der Waals surface area contributed by atoms with Crippen LogP contribution in [-0.2, 0) is 4.57 Å². The summed E-state index contributed by atoms with van der Waals surface area (Å²) < 4.78 is 37.4. The molecule has 0 radical (unpaired) electrons. The van der Waals surface area contributed by atoms with Gasteiger partial charge in [-0.2, -0.15) is 18.8 Å². The Morgan fingerprint density at radius 2 is 0.789 bits per heavy atom. The molecule has 0 aliphatic carbocycles. The van der Waals surface area contributed by atoms with Gasteiger partial charge in [-0.25, -0.2) is 0 Å². The van der Waals surface area contributed by atoms with E-state index < -0.39 is 7.82 Å². The second kappa shape index (κ2) is 10.0. The summed E-state index contributed by atoms with van der Waals surface area (Å²) in [6.45, 7) is 0. The van der Waals surface area contributed by atoms with Crippen LogP contribution in [0, 0.1) is 0 Å². The third-order valence-corrected chi connectivity index (χ3v) is 10.8. The summed E-state index contributed by atoms with van der Waals surface area (Å²) in [6, 6.07) is 21.6. The molecule has 3 heterocycles. The first kappa shape index (κ1) is 26.4. The van der Waals surface area contributed by atoms with Crippen LogP contribution in [0.25, 0.3) is 32.7 Å². The van der Waals surface area contributed by atoms with E-state index in [-0.39, 0.29) is 0 Å². The lowest BCUT2D eigenvalue weighted by atomic mass is 10.2. The average molecular weight is 783 g/mol. The minimum absolute atomic E-state index is 0.316. The van der Waals surface area contributed by atoms with Gasteiger partial charge < -0.3 is 0 Å². The number of para-hydroxylation sites is 3. The summed E-state index contributed by atoms with van der Waals surface area (Å²) in [4.78, 5) is 0. The van der Waals surface area contributed by atoms with E-state index in [0.29, 0.717) is 61.6 Å². The zero-order valence-electron chi connectivity index (χ0n) is 18.6. The number of benzene rings is 3. The fraction of sp³-hybridized carbons (Fsp3) is 0. The smallest absolute Gasteiger partial charge is 0.289 e. The SMILES string of the molecule is O=P(On1c(Br)c(Cl)c2ccccc21)(On1c(Br)c(Cl)c2ccccc21)On1c(Br)c(Cl)c2ccccc21. The van der Waals surface area contributed by atoms with Crippen molar-refractivity contribution >= 4 is 123 Å². The predicted molar refractivity (Wildman–Crippen MR) is 161 cm³/mol. The Morgan fingerprint density at radius 3 is 1.08 bits per heavy atom. The molecule has 0 fully saturated rings. The molecule has 194 valence electrons. The molecule has 0 N–H and O–H groups in total. The molecule has 0 saturated heterocycles. The van der Waals surface area contributed by atoms with Gasteiger partial charge in [-0.3, -0.25) is 13.9 Å². The number of phosphoric acid groups is 1. The zero-order valence-corrected chi connectivity index (χ0v) is 26.5. The van der Waals surface area contributed by atoms with Crippen molar-refractivity contribution in [2.75, 3.05) is 0 Å². The van der Waals surface area contributed by atoms with Crippen LogP contribution in [0.1, 0.15) is 0 Å². The summed E-state index contributed by atoms with van der Waals surface area (Å²) in [5.74, 6) is 0. The molecule has 6 rings (SSSR count). The van der Waals surface area contributed by atoms with Gasteiger partial charge in [-0.05, 0) is 66.0 Å². The van der Waals surface area contributed by atoms with E-state index in [4.69, 9.17) is 48.7 Å². The van der Waals surface area contributed by atoms with Crippen LogP contribution in [0.15, 0.2) is 86.6 Å². The van der Waals surface area contributed by atoms with Crippen molar-refractivity contribution in [1.29, 1.82) is 0 Å². The average Bonchev–Trinajstić information content (AvgIpc) is 3.42. The van der Waals surface area contributed by atoms with Gasteiger partial charge in [0, 0.05) is 16.2 Å². The van der Waals surface area contributed by atoms with E-state index in [1.54, 1.807) is 54.6 Å². The van der Waals surface area contributed by atoms with Crippen LogP contribution in [0.4, 0.5) is 0 Å². The largest absolute Gasteiger partial charge is 0.705 e. The van der Waals surface area contributed by atoms with Crippen molar-refractivity contribution in [2.45, 2.75) is 0 Å². The van der Waals surface area contributed by atoms with Crippen molar-refractivity contribution in [3.8, 4) is 0 Å². The summed E-state index contributed by atoms with van der Waals surface area (Å²) >= 11 is 29.9. The molecule has 0 bridgehead atoms. The second-order valence-electron chi connectivity index (χ2n) is 7.94. The fourth-order valence-electron chi connectivity index (χ4n) is 4.01. The number of hydrogen-bond donors (Lipinski definition) is 0. The Morgan fingerprint density at radius 1 is 0.526 bits per heavy atom. The Bertz CT molecular complexity index is 1720. The molecule has 3 aromatic carbocycles. The van der Waals surface area contributed by atoms with Crippen molar-refractivity contribution < 1.29 is 18.4 Å². The molecule has 0 saturated carbocycles. The maximum Gasteiger partial charge on any atom is 0.705 e. The van der Waals surface area contributed by atoms with Gasteiger partial charge in [0.25, 0.3) is 0 Å². The Balaban J connectivity index is 1.54. The van der Waals surface area contributed by atoms with Crippen molar-refractivity contribution in [2.24, 2.45) is 0 Å². The third-order valence-electron chi connectivity index (χ3n) is 5.70. The molecule has 14 heteroatoms. The number of rotatable bonds is 6. The van der Waals surface area contributed by atoms with Crippen molar-refractivity contribution in [3.63, 3.8) is 0 Å². The lowest BCUT2D eigenvalue weighted by Crippen LogP contribution is -2.26. The molecule has 0 aliphatic heterocycles. The van der Waals surface area contributed by atoms with Crippen LogP contribution >= 0.6 is 90.4 Å². The van der Waals surface area contributed by atoms with Gasteiger partial charge in [0.05, 0.1) is 31.6 Å². The van der Waals surface area contributed by atoms with E-state index >= 15 is 0 Å². The summed E-state index contributed by atoms with van der Waals surface area (Å²) in [7, 11) is -4.62. The van der Waals surface area contributed by atoms with Gasteiger partial charge in [0.2, 0.25) is 0 Å². The number of aromatic nitrogens is 3. The van der Waals surface area contributed by atoms with Crippen molar-refractivity contribution in [1.82, 2.24) is 14.2 Å². The standard InChI is InChI=1S/C24H12Br3Cl3N3O4P/c25-22-19(28)13-7-1-4-10-16(13)31(22)35-38(34,36-32-17-11-5-2-8-14(17)20(29)23(32)26)37-33-18-12-6-3-9-15(18)21(30)24(33)27/h1-12H. The molecule has 0 unspecified atom stereocenters. The van der Waals surface area contributed by atoms with Crippen LogP contribution in [0.3, 0.4) is 0 Å². The number of fused-ring (bicyclic) bond motifs is 3. The fourth-order valence-corrected chi connectivity index (χ4v) is 7.69. The molecular formula is C24H12Br3Cl3N3O4P. The van der Waals surface area contributed by atoms with E-state index in [9.17, 15) is 4.57 Å². The number of halogens is 6.